The van der Waals surface area contributed by atoms with E-state index in [4.69, 9.17) is 9.47 Å². The van der Waals surface area contributed by atoms with Gasteiger partial charge in [0.15, 0.2) is 0 Å². The fraction of sp³-hybridized carbons (Fsp3) is 0.929. The van der Waals surface area contributed by atoms with Gasteiger partial charge in [-0.15, -0.1) is 0 Å². The lowest BCUT2D eigenvalue weighted by atomic mass is 9.64. The van der Waals surface area contributed by atoms with Crippen LogP contribution in [0.5, 0.6) is 0 Å². The van der Waals surface area contributed by atoms with Crippen LogP contribution in [0.3, 0.4) is 0 Å². The molecule has 2 fully saturated rings. The van der Waals surface area contributed by atoms with Gasteiger partial charge in [0.25, 0.3) is 0 Å². The number of rotatable bonds is 4. The second-order valence-corrected chi connectivity index (χ2v) is 5.69. The van der Waals surface area contributed by atoms with E-state index in [1.807, 2.05) is 6.92 Å². The van der Waals surface area contributed by atoms with E-state index in [0.29, 0.717) is 24.9 Å². The van der Waals surface area contributed by atoms with Crippen LogP contribution in [0.1, 0.15) is 32.6 Å². The number of fused-ring (bicyclic) bond motifs is 2. The molecule has 1 aliphatic heterocycles. The standard InChI is InChI=1S/C14H25NO3/c1-4-18-13(16)8-14(17-3)11-6-5-7-12(14)10-15(2)9-11/h11-12H,4-10H2,1-3H3. The third-order valence-corrected chi connectivity index (χ3v) is 4.66. The summed E-state index contributed by atoms with van der Waals surface area (Å²) in [6.45, 7) is 4.37. The Kier molecular flexibility index (Phi) is 4.28. The van der Waals surface area contributed by atoms with Crippen LogP contribution in [0.15, 0.2) is 0 Å². The van der Waals surface area contributed by atoms with Crippen LogP contribution in [0.2, 0.25) is 0 Å². The van der Waals surface area contributed by atoms with E-state index in [0.717, 1.165) is 25.9 Å². The van der Waals surface area contributed by atoms with Crippen molar-refractivity contribution in [1.82, 2.24) is 4.90 Å². The Morgan fingerprint density at radius 2 is 1.94 bits per heavy atom. The van der Waals surface area contributed by atoms with Gasteiger partial charge in [0.1, 0.15) is 0 Å². The summed E-state index contributed by atoms with van der Waals surface area (Å²) >= 11 is 0. The predicted molar refractivity (Wildman–Crippen MR) is 69.3 cm³/mol. The topological polar surface area (TPSA) is 38.8 Å². The van der Waals surface area contributed by atoms with E-state index in [2.05, 4.69) is 11.9 Å². The lowest BCUT2D eigenvalue weighted by molar-refractivity contribution is -0.180. The average Bonchev–Trinajstić information content (AvgIpc) is 2.30. The minimum Gasteiger partial charge on any atom is -0.466 e. The zero-order valence-corrected chi connectivity index (χ0v) is 11.8. The first-order valence-corrected chi connectivity index (χ1v) is 7.01. The van der Waals surface area contributed by atoms with Gasteiger partial charge in [-0.1, -0.05) is 6.42 Å². The number of carbonyl (C=O) groups is 1. The van der Waals surface area contributed by atoms with Crippen LogP contribution in [0.25, 0.3) is 0 Å². The summed E-state index contributed by atoms with van der Waals surface area (Å²) in [4.78, 5) is 14.2. The van der Waals surface area contributed by atoms with E-state index in [1.54, 1.807) is 7.11 Å². The molecule has 2 atom stereocenters. The van der Waals surface area contributed by atoms with E-state index >= 15 is 0 Å². The molecule has 0 spiro atoms. The zero-order valence-electron chi connectivity index (χ0n) is 11.8. The Morgan fingerprint density at radius 3 is 2.44 bits per heavy atom. The van der Waals surface area contributed by atoms with Crippen molar-refractivity contribution in [3.8, 4) is 0 Å². The van der Waals surface area contributed by atoms with Gasteiger partial charge in [-0.25, -0.2) is 0 Å². The molecule has 1 saturated carbocycles. The number of esters is 1. The fourth-order valence-electron chi connectivity index (χ4n) is 3.88. The third kappa shape index (κ3) is 2.41. The van der Waals surface area contributed by atoms with Crippen LogP contribution < -0.4 is 0 Å². The Hall–Kier alpha value is -0.610. The molecule has 0 amide bonds. The largest absolute Gasteiger partial charge is 0.466 e. The number of hydrogen-bond acceptors (Lipinski definition) is 4. The summed E-state index contributed by atoms with van der Waals surface area (Å²) in [6.07, 6.45) is 4.00. The Bertz CT molecular complexity index is 291. The molecule has 0 aromatic rings. The molecule has 2 unspecified atom stereocenters. The van der Waals surface area contributed by atoms with Crippen molar-refractivity contribution >= 4 is 5.97 Å². The molecule has 0 radical (unpaired) electrons. The highest BCUT2D eigenvalue weighted by atomic mass is 16.5. The normalized spacial score (nSPS) is 36.4. The molecular formula is C14H25NO3. The summed E-state index contributed by atoms with van der Waals surface area (Å²) in [6, 6.07) is 0. The first-order valence-electron chi connectivity index (χ1n) is 7.01. The molecule has 4 nitrogen and oxygen atoms in total. The van der Waals surface area contributed by atoms with Gasteiger partial charge in [0.2, 0.25) is 0 Å². The smallest absolute Gasteiger partial charge is 0.308 e. The predicted octanol–water partition coefficient (Wildman–Crippen LogP) is 1.69. The first kappa shape index (κ1) is 13.8. The zero-order chi connectivity index (χ0) is 13.2. The molecule has 2 bridgehead atoms. The number of methoxy groups -OCH3 is 1. The molecule has 0 aromatic carbocycles. The van der Waals surface area contributed by atoms with Gasteiger partial charge in [-0.3, -0.25) is 4.79 Å². The van der Waals surface area contributed by atoms with Crippen molar-refractivity contribution in [2.24, 2.45) is 11.8 Å². The van der Waals surface area contributed by atoms with Crippen LogP contribution in [-0.4, -0.2) is 50.3 Å². The van der Waals surface area contributed by atoms with Gasteiger partial charge in [-0.05, 0) is 26.8 Å². The fourth-order valence-corrected chi connectivity index (χ4v) is 3.88. The van der Waals surface area contributed by atoms with Crippen molar-refractivity contribution in [2.75, 3.05) is 33.9 Å². The highest BCUT2D eigenvalue weighted by Crippen LogP contribution is 2.46. The highest BCUT2D eigenvalue weighted by molar-refractivity contribution is 5.71. The maximum absolute atomic E-state index is 11.9. The second-order valence-electron chi connectivity index (χ2n) is 5.69. The lowest BCUT2D eigenvalue weighted by Crippen LogP contribution is -2.61. The van der Waals surface area contributed by atoms with Crippen molar-refractivity contribution in [2.45, 2.75) is 38.2 Å². The number of likely N-dealkylation sites (tertiary alicyclic amines) is 1. The Labute approximate surface area is 110 Å². The van der Waals surface area contributed by atoms with Crippen LogP contribution in [0, 0.1) is 11.8 Å². The minimum absolute atomic E-state index is 0.110. The summed E-state index contributed by atoms with van der Waals surface area (Å²) in [5.41, 5.74) is -0.281. The van der Waals surface area contributed by atoms with Gasteiger partial charge < -0.3 is 14.4 Å². The molecule has 1 heterocycles. The molecule has 104 valence electrons. The molecule has 4 heteroatoms. The molecule has 1 aliphatic carbocycles. The summed E-state index contributed by atoms with van der Waals surface area (Å²) in [7, 11) is 3.92. The van der Waals surface area contributed by atoms with Gasteiger partial charge >= 0.3 is 5.97 Å². The van der Waals surface area contributed by atoms with Gasteiger partial charge in [0, 0.05) is 32.0 Å². The third-order valence-electron chi connectivity index (χ3n) is 4.66. The van der Waals surface area contributed by atoms with Crippen molar-refractivity contribution in [1.29, 1.82) is 0 Å². The van der Waals surface area contributed by atoms with E-state index < -0.39 is 0 Å². The monoisotopic (exact) mass is 255 g/mol. The van der Waals surface area contributed by atoms with E-state index in [9.17, 15) is 4.79 Å². The maximum atomic E-state index is 11.9. The molecule has 0 N–H and O–H groups in total. The summed E-state index contributed by atoms with van der Waals surface area (Å²) < 4.78 is 11.0. The summed E-state index contributed by atoms with van der Waals surface area (Å²) in [5, 5.41) is 0. The first-order chi connectivity index (χ1) is 8.62. The molecule has 1 saturated heterocycles. The Morgan fingerprint density at radius 1 is 1.33 bits per heavy atom. The maximum Gasteiger partial charge on any atom is 0.308 e. The van der Waals surface area contributed by atoms with Crippen molar-refractivity contribution in [3.05, 3.63) is 0 Å². The quantitative estimate of drug-likeness (QED) is 0.717. The SMILES string of the molecule is CCOC(=O)CC1(OC)C2CCCC1CN(C)C2. The molecular weight excluding hydrogens is 230 g/mol. The molecule has 2 rings (SSSR count). The molecule has 2 aliphatic rings. The number of carbonyl (C=O) groups excluding carboxylic acids is 1. The number of nitrogens with zero attached hydrogens (tertiary/aromatic N) is 1. The lowest BCUT2D eigenvalue weighted by Gasteiger charge is -2.54. The van der Waals surface area contributed by atoms with Gasteiger partial charge in [-0.2, -0.15) is 0 Å². The van der Waals surface area contributed by atoms with Crippen LogP contribution in [-0.2, 0) is 14.3 Å². The van der Waals surface area contributed by atoms with Crippen LogP contribution in [0.4, 0.5) is 0 Å². The number of piperidine rings is 1. The highest BCUT2D eigenvalue weighted by Gasteiger charge is 2.52. The summed E-state index contributed by atoms with van der Waals surface area (Å²) in [5.74, 6) is 0.814. The van der Waals surface area contributed by atoms with Gasteiger partial charge in [0.05, 0.1) is 18.6 Å². The van der Waals surface area contributed by atoms with E-state index in [1.165, 1.54) is 6.42 Å². The molecule has 18 heavy (non-hydrogen) atoms. The number of hydrogen-bond donors (Lipinski definition) is 0. The van der Waals surface area contributed by atoms with Crippen molar-refractivity contribution < 1.29 is 14.3 Å². The van der Waals surface area contributed by atoms with E-state index in [-0.39, 0.29) is 11.6 Å². The second kappa shape index (κ2) is 5.57. The van der Waals surface area contributed by atoms with Crippen molar-refractivity contribution in [3.63, 3.8) is 0 Å². The Balaban J connectivity index is 2.16. The minimum atomic E-state index is -0.281. The molecule has 0 aromatic heterocycles. The van der Waals surface area contributed by atoms with Crippen LogP contribution >= 0.6 is 0 Å². The average molecular weight is 255 g/mol. The number of ether oxygens (including phenoxy) is 2.